The van der Waals surface area contributed by atoms with Gasteiger partial charge in [-0.15, -0.1) is 11.3 Å². The van der Waals surface area contributed by atoms with Crippen molar-refractivity contribution in [2.45, 2.75) is 0 Å². The Morgan fingerprint density at radius 2 is 1.73 bits per heavy atom. The van der Waals surface area contributed by atoms with E-state index in [2.05, 4.69) is 27.8 Å². The fourth-order valence-corrected chi connectivity index (χ4v) is 4.04. The molecule has 1 aromatic heterocycles. The van der Waals surface area contributed by atoms with Gasteiger partial charge in [0.1, 0.15) is 11.9 Å². The molecule has 1 saturated heterocycles. The average molecular weight is 416 g/mol. The van der Waals surface area contributed by atoms with Gasteiger partial charge in [-0.1, -0.05) is 18.1 Å². The van der Waals surface area contributed by atoms with Crippen LogP contribution in [0.2, 0.25) is 0 Å². The highest BCUT2D eigenvalue weighted by atomic mass is 32.1. The Hall–Kier alpha value is -3.68. The molecule has 4 rings (SSSR count). The van der Waals surface area contributed by atoms with Gasteiger partial charge in [0.25, 0.3) is 5.91 Å². The lowest BCUT2D eigenvalue weighted by Crippen LogP contribution is -2.48. The van der Waals surface area contributed by atoms with Crippen LogP contribution in [0.5, 0.6) is 0 Å². The van der Waals surface area contributed by atoms with Crippen molar-refractivity contribution >= 4 is 22.4 Å². The van der Waals surface area contributed by atoms with E-state index >= 15 is 0 Å². The summed E-state index contributed by atoms with van der Waals surface area (Å²) in [4.78, 5) is 21.0. The summed E-state index contributed by atoms with van der Waals surface area (Å²) < 4.78 is 13.1. The lowest BCUT2D eigenvalue weighted by molar-refractivity contribution is -0.125. The minimum atomic E-state index is -0.269. The molecule has 7 heteroatoms. The molecule has 148 valence electrons. The van der Waals surface area contributed by atoms with Crippen molar-refractivity contribution in [3.63, 3.8) is 0 Å². The third-order valence-electron chi connectivity index (χ3n) is 4.82. The summed E-state index contributed by atoms with van der Waals surface area (Å²) in [5.74, 6) is 4.96. The zero-order valence-electron chi connectivity index (χ0n) is 16.0. The Balaban J connectivity index is 1.38. The second-order valence-electron chi connectivity index (χ2n) is 6.71. The van der Waals surface area contributed by atoms with Gasteiger partial charge in [0.05, 0.1) is 11.3 Å². The summed E-state index contributed by atoms with van der Waals surface area (Å²) in [6, 6.07) is 15.3. The van der Waals surface area contributed by atoms with Crippen molar-refractivity contribution in [3.8, 4) is 29.2 Å². The van der Waals surface area contributed by atoms with Crippen molar-refractivity contribution in [1.29, 1.82) is 5.26 Å². The van der Waals surface area contributed by atoms with Crippen molar-refractivity contribution in [3.05, 3.63) is 70.9 Å². The number of piperazine rings is 1. The predicted molar refractivity (Wildman–Crippen MR) is 114 cm³/mol. The van der Waals surface area contributed by atoms with Gasteiger partial charge in [-0.2, -0.15) is 5.26 Å². The fraction of sp³-hybridized carbons (Fsp3) is 0.174. The lowest BCUT2D eigenvalue weighted by atomic mass is 10.1. The molecule has 0 unspecified atom stereocenters. The monoisotopic (exact) mass is 416 g/mol. The molecule has 0 N–H and O–H groups in total. The van der Waals surface area contributed by atoms with Gasteiger partial charge in [0, 0.05) is 48.6 Å². The van der Waals surface area contributed by atoms with E-state index in [1.807, 2.05) is 5.38 Å². The number of benzene rings is 2. The van der Waals surface area contributed by atoms with Gasteiger partial charge in [-0.25, -0.2) is 9.37 Å². The molecule has 30 heavy (non-hydrogen) atoms. The number of hydrogen-bond acceptors (Lipinski definition) is 5. The zero-order chi connectivity index (χ0) is 20.9. The molecule has 0 aliphatic carbocycles. The van der Waals surface area contributed by atoms with Crippen molar-refractivity contribution in [2.24, 2.45) is 0 Å². The second-order valence-corrected chi connectivity index (χ2v) is 7.55. The molecule has 2 aromatic carbocycles. The average Bonchev–Trinajstić information content (AvgIpc) is 3.28. The number of aromatic nitrogens is 1. The first-order valence-corrected chi connectivity index (χ1v) is 10.3. The Morgan fingerprint density at radius 3 is 2.43 bits per heavy atom. The maximum absolute atomic E-state index is 13.1. The number of carbonyl (C=O) groups is 1. The first-order valence-electron chi connectivity index (χ1n) is 9.40. The SMILES string of the molecule is N#Cc1ccccc1C#CC(=O)N1CCN(c2nc(-c3ccc(F)cc3)cs2)CC1. The summed E-state index contributed by atoms with van der Waals surface area (Å²) in [6.07, 6.45) is 0. The molecule has 3 aromatic rings. The molecule has 0 bridgehead atoms. The predicted octanol–water partition coefficient (Wildman–Crippen LogP) is 3.52. The van der Waals surface area contributed by atoms with Gasteiger partial charge in [0.2, 0.25) is 0 Å². The molecule has 2 heterocycles. The molecule has 1 aliphatic rings. The van der Waals surface area contributed by atoms with E-state index in [1.165, 1.54) is 23.5 Å². The van der Waals surface area contributed by atoms with E-state index in [9.17, 15) is 9.18 Å². The van der Waals surface area contributed by atoms with Crippen molar-refractivity contribution in [2.75, 3.05) is 31.1 Å². The Bertz CT molecular complexity index is 1160. The third kappa shape index (κ3) is 4.32. The number of amides is 1. The summed E-state index contributed by atoms with van der Waals surface area (Å²) in [5, 5.41) is 12.0. The number of thiazole rings is 1. The fourth-order valence-electron chi connectivity index (χ4n) is 3.15. The maximum Gasteiger partial charge on any atom is 0.298 e. The normalized spacial score (nSPS) is 13.3. The Morgan fingerprint density at radius 1 is 1.03 bits per heavy atom. The van der Waals surface area contributed by atoms with Crippen LogP contribution >= 0.6 is 11.3 Å². The number of anilines is 1. The van der Waals surface area contributed by atoms with Crippen LogP contribution in [-0.2, 0) is 4.79 Å². The molecule has 5 nitrogen and oxygen atoms in total. The second kappa shape index (κ2) is 8.77. The minimum Gasteiger partial charge on any atom is -0.345 e. The van der Waals surface area contributed by atoms with Gasteiger partial charge in [-0.05, 0) is 36.4 Å². The van der Waals surface area contributed by atoms with E-state index in [4.69, 9.17) is 5.26 Å². The van der Waals surface area contributed by atoms with Crippen LogP contribution in [-0.4, -0.2) is 42.0 Å². The largest absolute Gasteiger partial charge is 0.345 e. The molecule has 0 atom stereocenters. The highest BCUT2D eigenvalue weighted by molar-refractivity contribution is 7.14. The number of halogens is 1. The molecule has 0 saturated carbocycles. The summed E-state index contributed by atoms with van der Waals surface area (Å²) in [7, 11) is 0. The highest BCUT2D eigenvalue weighted by Crippen LogP contribution is 2.28. The van der Waals surface area contributed by atoms with Crippen LogP contribution in [0.3, 0.4) is 0 Å². The molecular formula is C23H17FN4OS. The number of nitriles is 1. The molecule has 1 fully saturated rings. The molecule has 1 amide bonds. The maximum atomic E-state index is 13.1. The van der Waals surface area contributed by atoms with Crippen LogP contribution in [0.4, 0.5) is 9.52 Å². The van der Waals surface area contributed by atoms with Crippen LogP contribution in [0.15, 0.2) is 53.9 Å². The quantitative estimate of drug-likeness (QED) is 0.600. The lowest BCUT2D eigenvalue weighted by Gasteiger charge is -2.33. The van der Waals surface area contributed by atoms with Gasteiger partial charge < -0.3 is 9.80 Å². The summed E-state index contributed by atoms with van der Waals surface area (Å²) in [6.45, 7) is 2.44. The van der Waals surface area contributed by atoms with E-state index < -0.39 is 0 Å². The third-order valence-corrected chi connectivity index (χ3v) is 5.72. The van der Waals surface area contributed by atoms with E-state index in [0.717, 1.165) is 16.4 Å². The number of carbonyl (C=O) groups excluding carboxylic acids is 1. The number of hydrogen-bond donors (Lipinski definition) is 0. The first-order chi connectivity index (χ1) is 14.6. The zero-order valence-corrected chi connectivity index (χ0v) is 16.8. The summed E-state index contributed by atoms with van der Waals surface area (Å²) in [5.41, 5.74) is 2.71. The van der Waals surface area contributed by atoms with E-state index in [0.29, 0.717) is 37.3 Å². The standard InChI is InChI=1S/C23H17FN4OS/c24-20-8-5-18(6-9-20)21-16-30-23(26-21)28-13-11-27(12-14-28)22(29)10-7-17-3-1-2-4-19(17)15-25/h1-6,8-9,16H,11-14H2. The first kappa shape index (κ1) is 19.6. The topological polar surface area (TPSA) is 60.2 Å². The van der Waals surface area contributed by atoms with Gasteiger partial charge in [-0.3, -0.25) is 4.79 Å². The highest BCUT2D eigenvalue weighted by Gasteiger charge is 2.22. The molecule has 1 aliphatic heterocycles. The van der Waals surface area contributed by atoms with Crippen LogP contribution in [0.1, 0.15) is 11.1 Å². The minimum absolute atomic E-state index is 0.242. The van der Waals surface area contributed by atoms with Gasteiger partial charge in [0.15, 0.2) is 5.13 Å². The Labute approximate surface area is 178 Å². The van der Waals surface area contributed by atoms with E-state index in [-0.39, 0.29) is 11.7 Å². The number of rotatable bonds is 2. The van der Waals surface area contributed by atoms with Crippen LogP contribution in [0.25, 0.3) is 11.3 Å². The van der Waals surface area contributed by atoms with E-state index in [1.54, 1.807) is 41.3 Å². The van der Waals surface area contributed by atoms with Crippen LogP contribution in [0, 0.1) is 29.0 Å². The van der Waals surface area contributed by atoms with Crippen molar-refractivity contribution < 1.29 is 9.18 Å². The van der Waals surface area contributed by atoms with Gasteiger partial charge >= 0.3 is 0 Å². The molecule has 0 spiro atoms. The summed E-state index contributed by atoms with van der Waals surface area (Å²) >= 11 is 1.54. The smallest absolute Gasteiger partial charge is 0.298 e. The Kier molecular flexibility index (Phi) is 5.74. The van der Waals surface area contributed by atoms with Crippen molar-refractivity contribution in [1.82, 2.24) is 9.88 Å². The molecular weight excluding hydrogens is 399 g/mol. The number of nitrogens with zero attached hydrogens (tertiary/aromatic N) is 4. The molecule has 0 radical (unpaired) electrons. The van der Waals surface area contributed by atoms with Crippen LogP contribution < -0.4 is 4.90 Å².